The molecule has 3 aromatic carbocycles. The van der Waals surface area contributed by atoms with E-state index in [2.05, 4.69) is 4.98 Å². The fourth-order valence-corrected chi connectivity index (χ4v) is 4.97. The third kappa shape index (κ3) is 4.50. The van der Waals surface area contributed by atoms with Crippen molar-refractivity contribution in [2.75, 3.05) is 5.75 Å². The molecule has 176 valence electrons. The first-order chi connectivity index (χ1) is 16.0. The summed E-state index contributed by atoms with van der Waals surface area (Å²) in [6.07, 6.45) is 0. The molecule has 0 aliphatic carbocycles. The van der Waals surface area contributed by atoms with Crippen LogP contribution < -0.4 is 4.18 Å². The minimum atomic E-state index is -4.27. The Morgan fingerprint density at radius 3 is 2.29 bits per heavy atom. The van der Waals surface area contributed by atoms with Gasteiger partial charge >= 0.3 is 10.1 Å². The molecule has 0 fully saturated rings. The van der Waals surface area contributed by atoms with Crippen molar-refractivity contribution in [2.45, 2.75) is 23.6 Å². The molecule has 0 unspecified atom stereocenters. The van der Waals surface area contributed by atoms with Crippen LogP contribution in [0.15, 0.2) is 74.9 Å². The summed E-state index contributed by atoms with van der Waals surface area (Å²) in [5.41, 5.74) is 0.825. The molecule has 4 aromatic rings. The van der Waals surface area contributed by atoms with Gasteiger partial charge in [0.1, 0.15) is 10.4 Å². The van der Waals surface area contributed by atoms with E-state index in [1.54, 1.807) is 19.1 Å². The van der Waals surface area contributed by atoms with Gasteiger partial charge in [-0.1, -0.05) is 24.6 Å². The highest BCUT2D eigenvalue weighted by Crippen LogP contribution is 2.36. The van der Waals surface area contributed by atoms with E-state index < -0.39 is 24.9 Å². The Kier molecular flexibility index (Phi) is 5.87. The van der Waals surface area contributed by atoms with Crippen LogP contribution in [0.2, 0.25) is 0 Å². The molecule has 0 saturated heterocycles. The van der Waals surface area contributed by atoms with Crippen LogP contribution in [0.1, 0.15) is 12.5 Å². The number of hydrogen-bond acceptors (Lipinski definition) is 9. The molecular weight excluding hydrogens is 484 g/mol. The van der Waals surface area contributed by atoms with Crippen molar-refractivity contribution in [3.05, 3.63) is 76.3 Å². The lowest BCUT2D eigenvalue weighted by molar-refractivity contribution is -0.384. The molecule has 0 saturated carbocycles. The molecule has 1 aromatic heterocycles. The maximum atomic E-state index is 12.8. The second kappa shape index (κ2) is 8.54. The predicted octanol–water partition coefficient (Wildman–Crippen LogP) is 4.27. The van der Waals surface area contributed by atoms with E-state index in [0.29, 0.717) is 0 Å². The molecule has 0 spiro atoms. The smallest absolute Gasteiger partial charge is 0.339 e. The molecule has 34 heavy (non-hydrogen) atoms. The molecule has 10 nitrogen and oxygen atoms in total. The average molecular weight is 503 g/mol. The van der Waals surface area contributed by atoms with Gasteiger partial charge in [0.2, 0.25) is 5.89 Å². The zero-order valence-electron chi connectivity index (χ0n) is 18.0. The van der Waals surface area contributed by atoms with Crippen molar-refractivity contribution in [1.29, 1.82) is 0 Å². The number of hydrogen-bond donors (Lipinski definition) is 0. The summed E-state index contributed by atoms with van der Waals surface area (Å²) >= 11 is 0. The van der Waals surface area contributed by atoms with Gasteiger partial charge in [0, 0.05) is 12.1 Å². The maximum Gasteiger partial charge on any atom is 0.339 e. The van der Waals surface area contributed by atoms with Crippen molar-refractivity contribution in [3.63, 3.8) is 0 Å². The van der Waals surface area contributed by atoms with Crippen LogP contribution in [0.25, 0.3) is 22.6 Å². The molecule has 4 rings (SSSR count). The second-order valence-electron chi connectivity index (χ2n) is 7.34. The second-order valence-corrected chi connectivity index (χ2v) is 11.2. The maximum absolute atomic E-state index is 12.8. The lowest BCUT2D eigenvalue weighted by Gasteiger charge is -2.10. The lowest BCUT2D eigenvalue weighted by Crippen LogP contribution is -2.10. The predicted molar refractivity (Wildman–Crippen MR) is 123 cm³/mol. The Morgan fingerprint density at radius 1 is 0.971 bits per heavy atom. The highest BCUT2D eigenvalue weighted by Gasteiger charge is 2.24. The summed E-state index contributed by atoms with van der Waals surface area (Å²) in [5.74, 6) is -0.513. The zero-order chi connectivity index (χ0) is 24.7. The number of aryl methyl sites for hydroxylation is 1. The normalized spacial score (nSPS) is 12.1. The number of benzene rings is 3. The van der Waals surface area contributed by atoms with Gasteiger partial charge in [-0.05, 0) is 43.3 Å². The number of nitro groups is 1. The third-order valence-corrected chi connectivity index (χ3v) is 7.99. The molecule has 0 radical (unpaired) electrons. The van der Waals surface area contributed by atoms with E-state index in [9.17, 15) is 26.9 Å². The van der Waals surface area contributed by atoms with Crippen LogP contribution >= 0.6 is 0 Å². The van der Waals surface area contributed by atoms with E-state index in [1.807, 2.05) is 0 Å². The van der Waals surface area contributed by atoms with Crippen LogP contribution in [-0.2, 0) is 20.0 Å². The first kappa shape index (κ1) is 23.4. The number of non-ortho nitro benzene ring substituents is 1. The van der Waals surface area contributed by atoms with Crippen molar-refractivity contribution in [3.8, 4) is 17.2 Å². The number of nitrogens with zero attached hydrogens (tertiary/aromatic N) is 2. The van der Waals surface area contributed by atoms with E-state index in [1.165, 1.54) is 37.3 Å². The van der Waals surface area contributed by atoms with Crippen molar-refractivity contribution in [2.24, 2.45) is 0 Å². The Bertz CT molecular complexity index is 1620. The topological polar surface area (TPSA) is 147 Å². The molecule has 0 N–H and O–H groups in total. The van der Waals surface area contributed by atoms with Crippen LogP contribution in [0.4, 0.5) is 5.69 Å². The Morgan fingerprint density at radius 2 is 1.65 bits per heavy atom. The number of sulfone groups is 1. The average Bonchev–Trinajstić information content (AvgIpc) is 3.22. The third-order valence-electron chi connectivity index (χ3n) is 5.01. The molecule has 0 aliphatic heterocycles. The quantitative estimate of drug-likeness (QED) is 0.205. The standard InChI is InChI=1S/C22H18N2O8S2/c1-3-33(27,28)17-9-11-21-19(13-17)23-22(31-21)18-12-15(24(25)26)6-10-20(18)32-34(29,30)16-7-4-14(2)5-8-16/h4-13H,3H2,1-2H3. The molecule has 0 aliphatic rings. The van der Waals surface area contributed by atoms with Gasteiger partial charge in [-0.15, -0.1) is 0 Å². The summed E-state index contributed by atoms with van der Waals surface area (Å²) in [6.45, 7) is 3.31. The molecule has 0 amide bonds. The van der Waals surface area contributed by atoms with Gasteiger partial charge in [-0.25, -0.2) is 13.4 Å². The monoisotopic (exact) mass is 502 g/mol. The minimum Gasteiger partial charge on any atom is -0.436 e. The fourth-order valence-electron chi connectivity index (χ4n) is 3.13. The van der Waals surface area contributed by atoms with Gasteiger partial charge in [-0.2, -0.15) is 8.42 Å². The Hall–Kier alpha value is -3.77. The minimum absolute atomic E-state index is 0.0415. The Labute approximate surface area is 195 Å². The summed E-state index contributed by atoms with van der Waals surface area (Å²) in [7, 11) is -7.78. The van der Waals surface area contributed by atoms with Crippen molar-refractivity contribution in [1.82, 2.24) is 4.98 Å². The van der Waals surface area contributed by atoms with E-state index >= 15 is 0 Å². The fraction of sp³-hybridized carbons (Fsp3) is 0.136. The summed E-state index contributed by atoms with van der Waals surface area (Å²) in [4.78, 5) is 14.8. The van der Waals surface area contributed by atoms with E-state index in [4.69, 9.17) is 8.60 Å². The molecule has 0 atom stereocenters. The SMILES string of the molecule is CCS(=O)(=O)c1ccc2oc(-c3cc([N+](=O)[O-])ccc3OS(=O)(=O)c3ccc(C)cc3)nc2c1. The first-order valence-electron chi connectivity index (χ1n) is 9.93. The number of fused-ring (bicyclic) bond motifs is 1. The summed E-state index contributed by atoms with van der Waals surface area (Å²) in [5, 5.41) is 11.3. The zero-order valence-corrected chi connectivity index (χ0v) is 19.6. The Balaban J connectivity index is 1.83. The van der Waals surface area contributed by atoms with E-state index in [0.717, 1.165) is 23.8 Å². The van der Waals surface area contributed by atoms with Gasteiger partial charge in [0.05, 0.1) is 21.1 Å². The number of rotatable bonds is 7. The lowest BCUT2D eigenvalue weighted by atomic mass is 10.2. The van der Waals surface area contributed by atoms with E-state index in [-0.39, 0.29) is 49.5 Å². The van der Waals surface area contributed by atoms with Crippen molar-refractivity contribution >= 4 is 36.7 Å². The van der Waals surface area contributed by atoms with Gasteiger partial charge in [0.25, 0.3) is 5.69 Å². The van der Waals surface area contributed by atoms with Gasteiger partial charge < -0.3 is 8.60 Å². The number of aromatic nitrogens is 1. The van der Waals surface area contributed by atoms with Crippen LogP contribution in [-0.4, -0.2) is 32.5 Å². The largest absolute Gasteiger partial charge is 0.436 e. The van der Waals surface area contributed by atoms with Crippen LogP contribution in [0, 0.1) is 17.0 Å². The van der Waals surface area contributed by atoms with Crippen LogP contribution in [0.5, 0.6) is 5.75 Å². The van der Waals surface area contributed by atoms with Crippen LogP contribution in [0.3, 0.4) is 0 Å². The van der Waals surface area contributed by atoms with Gasteiger partial charge in [0.15, 0.2) is 21.2 Å². The number of nitro benzene ring substituents is 1. The summed E-state index contributed by atoms with van der Waals surface area (Å²) < 4.78 is 60.9. The highest BCUT2D eigenvalue weighted by molar-refractivity contribution is 7.91. The summed E-state index contributed by atoms with van der Waals surface area (Å²) in [6, 6.07) is 13.4. The molecule has 0 bridgehead atoms. The highest BCUT2D eigenvalue weighted by atomic mass is 32.2. The molecule has 12 heteroatoms. The van der Waals surface area contributed by atoms with Gasteiger partial charge in [-0.3, -0.25) is 10.1 Å². The van der Waals surface area contributed by atoms with Crippen molar-refractivity contribution < 1.29 is 30.4 Å². The number of oxazole rings is 1. The first-order valence-corrected chi connectivity index (χ1v) is 13.0. The molecule has 1 heterocycles. The molecular formula is C22H18N2O8S2.